The molecule has 130 valence electrons. The van der Waals surface area contributed by atoms with Gasteiger partial charge < -0.3 is 9.73 Å². The van der Waals surface area contributed by atoms with Gasteiger partial charge >= 0.3 is 10.2 Å². The molecule has 1 aromatic heterocycles. The number of benzene rings is 1. The van der Waals surface area contributed by atoms with E-state index >= 15 is 0 Å². The number of anilines is 1. The first-order chi connectivity index (χ1) is 11.9. The minimum atomic E-state index is -4.01. The van der Waals surface area contributed by atoms with Gasteiger partial charge in [-0.05, 0) is 36.6 Å². The van der Waals surface area contributed by atoms with Gasteiger partial charge in [0.25, 0.3) is 5.91 Å². The number of rotatable bonds is 4. The number of para-hydroxylation sites is 1. The topological polar surface area (TPSA) is 92.0 Å². The maximum absolute atomic E-state index is 12.7. The summed E-state index contributed by atoms with van der Waals surface area (Å²) in [5.74, 6) is -0.280. The number of allylic oxidation sites excluding steroid dienone is 1. The van der Waals surface area contributed by atoms with E-state index in [0.29, 0.717) is 5.69 Å². The van der Waals surface area contributed by atoms with E-state index in [0.717, 1.165) is 9.20 Å². The third kappa shape index (κ3) is 3.47. The molecule has 1 aliphatic heterocycles. The maximum Gasteiger partial charge on any atom is 0.345 e. The van der Waals surface area contributed by atoms with Crippen LogP contribution >= 0.6 is 11.8 Å². The van der Waals surface area contributed by atoms with Gasteiger partial charge in [-0.1, -0.05) is 12.1 Å². The molecule has 1 amide bonds. The molecule has 7 nitrogen and oxygen atoms in total. The number of hydrogen-bond donors (Lipinski definition) is 1. The summed E-state index contributed by atoms with van der Waals surface area (Å²) in [6, 6.07) is 10.5. The molecule has 0 radical (unpaired) electrons. The minimum absolute atomic E-state index is 0.0442. The standard InChI is InChI=1S/C16H15N3O4S2/c1-19-13(16(20)17-11-6-3-4-8-15(11)24-2)10-12(18-25(19,21)22)14-7-5-9-23-14/h3-10H,1-2H3,(H,17,20). The molecule has 0 fully saturated rings. The summed E-state index contributed by atoms with van der Waals surface area (Å²) in [4.78, 5) is 13.5. The molecule has 0 unspecified atom stereocenters. The molecule has 0 atom stereocenters. The second kappa shape index (κ2) is 6.77. The first-order valence-corrected chi connectivity index (χ1v) is 9.83. The van der Waals surface area contributed by atoms with Crippen LogP contribution in [0.4, 0.5) is 5.69 Å². The molecule has 1 aliphatic rings. The zero-order valence-corrected chi connectivity index (χ0v) is 15.1. The van der Waals surface area contributed by atoms with Gasteiger partial charge in [0.2, 0.25) is 0 Å². The van der Waals surface area contributed by atoms with E-state index in [-0.39, 0.29) is 17.2 Å². The van der Waals surface area contributed by atoms with Gasteiger partial charge in [-0.2, -0.15) is 8.42 Å². The zero-order valence-electron chi connectivity index (χ0n) is 13.5. The molecule has 0 saturated heterocycles. The lowest BCUT2D eigenvalue weighted by Gasteiger charge is -2.23. The highest BCUT2D eigenvalue weighted by molar-refractivity contribution is 7.98. The monoisotopic (exact) mass is 377 g/mol. The van der Waals surface area contributed by atoms with Crippen molar-refractivity contribution in [1.82, 2.24) is 4.31 Å². The van der Waals surface area contributed by atoms with Crippen LogP contribution in [0.15, 0.2) is 68.1 Å². The molecule has 1 aromatic carbocycles. The Hall–Kier alpha value is -2.52. The molecule has 0 saturated carbocycles. The van der Waals surface area contributed by atoms with Crippen LogP contribution in [-0.2, 0) is 15.0 Å². The fraction of sp³-hybridized carbons (Fsp3) is 0.125. The summed E-state index contributed by atoms with van der Waals surface area (Å²) in [5, 5.41) is 2.75. The summed E-state index contributed by atoms with van der Waals surface area (Å²) in [7, 11) is -2.73. The van der Waals surface area contributed by atoms with Crippen LogP contribution in [0.1, 0.15) is 5.76 Å². The third-order valence-corrected chi connectivity index (χ3v) is 5.65. The molecule has 9 heteroatoms. The summed E-state index contributed by atoms with van der Waals surface area (Å²) in [5.41, 5.74) is 0.637. The zero-order chi connectivity index (χ0) is 18.0. The van der Waals surface area contributed by atoms with E-state index in [2.05, 4.69) is 9.71 Å². The molecule has 1 N–H and O–H groups in total. The second-order valence-corrected chi connectivity index (χ2v) is 7.56. The van der Waals surface area contributed by atoms with Crippen LogP contribution in [0.2, 0.25) is 0 Å². The fourth-order valence-corrected chi connectivity index (χ4v) is 3.69. The Morgan fingerprint density at radius 3 is 2.68 bits per heavy atom. The maximum atomic E-state index is 12.7. The van der Waals surface area contributed by atoms with Crippen LogP contribution in [-0.4, -0.2) is 37.6 Å². The Morgan fingerprint density at radius 2 is 2.00 bits per heavy atom. The predicted molar refractivity (Wildman–Crippen MR) is 96.9 cm³/mol. The molecule has 2 heterocycles. The third-order valence-electron chi connectivity index (χ3n) is 3.53. The number of nitrogens with zero attached hydrogens (tertiary/aromatic N) is 2. The highest BCUT2D eigenvalue weighted by Gasteiger charge is 2.30. The number of likely N-dealkylation sites (N-methyl/N-ethyl adjacent to an activating group) is 1. The fourth-order valence-electron chi connectivity index (χ4n) is 2.24. The van der Waals surface area contributed by atoms with Crippen molar-refractivity contribution >= 4 is 39.3 Å². The van der Waals surface area contributed by atoms with E-state index in [1.54, 1.807) is 24.3 Å². The SMILES string of the molecule is CSc1ccccc1NC(=O)C1=CC(c2ccco2)=NS(=O)(=O)N1C. The Labute approximate surface area is 149 Å². The summed E-state index contributed by atoms with van der Waals surface area (Å²) in [6.07, 6.45) is 4.69. The molecule has 0 spiro atoms. The molecular weight excluding hydrogens is 362 g/mol. The van der Waals surface area contributed by atoms with E-state index in [1.807, 2.05) is 18.4 Å². The Balaban J connectivity index is 1.97. The van der Waals surface area contributed by atoms with Crippen molar-refractivity contribution in [1.29, 1.82) is 0 Å². The van der Waals surface area contributed by atoms with E-state index in [9.17, 15) is 13.2 Å². The molecule has 0 aliphatic carbocycles. The number of nitrogens with one attached hydrogen (secondary N) is 1. The second-order valence-electron chi connectivity index (χ2n) is 5.08. The smallest absolute Gasteiger partial charge is 0.345 e. The lowest BCUT2D eigenvalue weighted by Crippen LogP contribution is -2.35. The molecule has 25 heavy (non-hydrogen) atoms. The first-order valence-electron chi connectivity index (χ1n) is 7.21. The van der Waals surface area contributed by atoms with Gasteiger partial charge in [0, 0.05) is 11.9 Å². The molecular formula is C16H15N3O4S2. The van der Waals surface area contributed by atoms with Crippen molar-refractivity contribution in [2.75, 3.05) is 18.6 Å². The van der Waals surface area contributed by atoms with E-state index < -0.39 is 16.1 Å². The number of carbonyl (C=O) groups is 1. The average Bonchev–Trinajstić information content (AvgIpc) is 3.12. The lowest BCUT2D eigenvalue weighted by molar-refractivity contribution is -0.113. The number of hydrogen-bond acceptors (Lipinski definition) is 5. The molecule has 0 bridgehead atoms. The summed E-state index contributed by atoms with van der Waals surface area (Å²) < 4.78 is 34.2. The van der Waals surface area contributed by atoms with Gasteiger partial charge in [-0.3, -0.25) is 4.79 Å². The van der Waals surface area contributed by atoms with Gasteiger partial charge in [-0.15, -0.1) is 16.2 Å². The number of carbonyl (C=O) groups excluding carboxylic acids is 1. The summed E-state index contributed by atoms with van der Waals surface area (Å²) >= 11 is 1.48. The highest BCUT2D eigenvalue weighted by Crippen LogP contribution is 2.26. The van der Waals surface area contributed by atoms with Gasteiger partial charge in [0.1, 0.15) is 11.4 Å². The van der Waals surface area contributed by atoms with Crippen molar-refractivity contribution in [3.8, 4) is 0 Å². The molecule has 3 rings (SSSR count). The average molecular weight is 377 g/mol. The van der Waals surface area contributed by atoms with Crippen LogP contribution in [0.5, 0.6) is 0 Å². The van der Waals surface area contributed by atoms with Crippen molar-refractivity contribution < 1.29 is 17.6 Å². The van der Waals surface area contributed by atoms with Crippen molar-refractivity contribution in [3.05, 3.63) is 60.2 Å². The van der Waals surface area contributed by atoms with Crippen molar-refractivity contribution in [3.63, 3.8) is 0 Å². The largest absolute Gasteiger partial charge is 0.463 e. The van der Waals surface area contributed by atoms with Crippen LogP contribution < -0.4 is 5.32 Å². The van der Waals surface area contributed by atoms with Crippen LogP contribution in [0.25, 0.3) is 0 Å². The van der Waals surface area contributed by atoms with Crippen molar-refractivity contribution in [2.24, 2.45) is 4.40 Å². The van der Waals surface area contributed by atoms with Crippen LogP contribution in [0, 0.1) is 0 Å². The Bertz CT molecular complexity index is 963. The molecule has 2 aromatic rings. The predicted octanol–water partition coefficient (Wildman–Crippen LogP) is 2.50. The number of furan rings is 1. The Kier molecular flexibility index (Phi) is 4.69. The quantitative estimate of drug-likeness (QED) is 0.827. The van der Waals surface area contributed by atoms with Gasteiger partial charge in [0.15, 0.2) is 5.76 Å². The number of amides is 1. The highest BCUT2D eigenvalue weighted by atomic mass is 32.2. The van der Waals surface area contributed by atoms with E-state index in [1.165, 1.54) is 31.1 Å². The summed E-state index contributed by atoms with van der Waals surface area (Å²) in [6.45, 7) is 0. The number of thioether (sulfide) groups is 1. The van der Waals surface area contributed by atoms with Crippen LogP contribution in [0.3, 0.4) is 0 Å². The van der Waals surface area contributed by atoms with Gasteiger partial charge in [-0.25, -0.2) is 4.31 Å². The lowest BCUT2D eigenvalue weighted by atomic mass is 10.2. The first kappa shape index (κ1) is 17.3. The van der Waals surface area contributed by atoms with E-state index in [4.69, 9.17) is 4.42 Å². The Morgan fingerprint density at radius 1 is 1.24 bits per heavy atom. The minimum Gasteiger partial charge on any atom is -0.463 e. The normalized spacial score (nSPS) is 16.2. The van der Waals surface area contributed by atoms with Gasteiger partial charge in [0.05, 0.1) is 12.0 Å². The van der Waals surface area contributed by atoms with Crippen molar-refractivity contribution in [2.45, 2.75) is 4.90 Å².